The molecule has 23 heavy (non-hydrogen) atoms. The number of hydrogen-bond donors (Lipinski definition) is 1. The van der Waals surface area contributed by atoms with E-state index in [2.05, 4.69) is 25.5 Å². The minimum atomic E-state index is -0.214. The molecule has 0 atom stereocenters. The molecule has 1 N–H and O–H groups in total. The minimum absolute atomic E-state index is 0.000845. The second kappa shape index (κ2) is 6.97. The van der Waals surface area contributed by atoms with Crippen LogP contribution in [-0.2, 0) is 17.8 Å². The Bertz CT molecular complexity index is 789. The topological polar surface area (TPSA) is 93.8 Å². The van der Waals surface area contributed by atoms with Gasteiger partial charge in [-0.25, -0.2) is 4.98 Å². The third-order valence-corrected chi connectivity index (χ3v) is 3.22. The average molecular weight is 330 g/mol. The third-order valence-electron chi connectivity index (χ3n) is 2.96. The van der Waals surface area contributed by atoms with Gasteiger partial charge in [0.25, 0.3) is 5.89 Å². The molecule has 1 amide bonds. The molecule has 0 aliphatic heterocycles. The van der Waals surface area contributed by atoms with E-state index in [1.807, 2.05) is 12.1 Å². The Kier molecular flexibility index (Phi) is 4.58. The fourth-order valence-corrected chi connectivity index (χ4v) is 1.97. The zero-order valence-corrected chi connectivity index (χ0v) is 12.7. The van der Waals surface area contributed by atoms with Gasteiger partial charge in [-0.05, 0) is 17.7 Å². The third kappa shape index (κ3) is 4.10. The van der Waals surface area contributed by atoms with Gasteiger partial charge in [0.15, 0.2) is 0 Å². The van der Waals surface area contributed by atoms with Gasteiger partial charge >= 0.3 is 0 Å². The van der Waals surface area contributed by atoms with Crippen LogP contribution in [0.3, 0.4) is 0 Å². The molecule has 1 aromatic carbocycles. The smallest absolute Gasteiger partial charge is 0.267 e. The van der Waals surface area contributed by atoms with Gasteiger partial charge in [0, 0.05) is 24.0 Å². The molecule has 0 radical (unpaired) electrons. The van der Waals surface area contributed by atoms with E-state index >= 15 is 0 Å². The predicted octanol–water partition coefficient (Wildman–Crippen LogP) is 2.04. The van der Waals surface area contributed by atoms with Gasteiger partial charge in [-0.3, -0.25) is 9.78 Å². The normalized spacial score (nSPS) is 10.5. The van der Waals surface area contributed by atoms with Gasteiger partial charge in [-0.1, -0.05) is 23.7 Å². The minimum Gasteiger partial charge on any atom is -0.419 e. The highest BCUT2D eigenvalue weighted by Crippen LogP contribution is 2.13. The second-order valence-electron chi connectivity index (χ2n) is 4.67. The zero-order valence-electron chi connectivity index (χ0n) is 11.9. The number of nitrogens with one attached hydrogen (secondary N) is 1. The molecule has 3 aromatic rings. The van der Waals surface area contributed by atoms with E-state index in [1.165, 1.54) is 12.4 Å². The molecular weight excluding hydrogens is 318 g/mol. The van der Waals surface area contributed by atoms with Crippen LogP contribution in [0.5, 0.6) is 0 Å². The first-order chi connectivity index (χ1) is 11.2. The Balaban J connectivity index is 1.56. The molecule has 0 saturated heterocycles. The van der Waals surface area contributed by atoms with Crippen molar-refractivity contribution in [1.29, 1.82) is 0 Å². The van der Waals surface area contributed by atoms with Gasteiger partial charge < -0.3 is 9.73 Å². The summed E-state index contributed by atoms with van der Waals surface area (Å²) in [5.74, 6) is 0.243. The van der Waals surface area contributed by atoms with Crippen LogP contribution >= 0.6 is 11.6 Å². The summed E-state index contributed by atoms with van der Waals surface area (Å²) in [7, 11) is 0. The van der Waals surface area contributed by atoms with Gasteiger partial charge in [0.2, 0.25) is 11.8 Å². The van der Waals surface area contributed by atoms with Crippen LogP contribution < -0.4 is 5.32 Å². The van der Waals surface area contributed by atoms with Crippen molar-refractivity contribution in [2.75, 3.05) is 0 Å². The molecule has 2 heterocycles. The van der Waals surface area contributed by atoms with E-state index in [-0.39, 0.29) is 24.1 Å². The summed E-state index contributed by atoms with van der Waals surface area (Å²) in [6.45, 7) is 0.404. The van der Waals surface area contributed by atoms with Crippen molar-refractivity contribution < 1.29 is 9.21 Å². The summed E-state index contributed by atoms with van der Waals surface area (Å²) < 4.78 is 5.41. The SMILES string of the molecule is O=C(Cc1nnc(-c2cnccn2)o1)NCc1ccc(Cl)cc1. The van der Waals surface area contributed by atoms with E-state index in [0.29, 0.717) is 17.3 Å². The molecule has 0 aliphatic carbocycles. The lowest BCUT2D eigenvalue weighted by molar-refractivity contribution is -0.120. The van der Waals surface area contributed by atoms with E-state index in [1.54, 1.807) is 18.3 Å². The number of amides is 1. The Morgan fingerprint density at radius 2 is 2.00 bits per heavy atom. The number of rotatable bonds is 5. The van der Waals surface area contributed by atoms with Crippen LogP contribution in [0.4, 0.5) is 0 Å². The van der Waals surface area contributed by atoms with Crippen LogP contribution in [0.25, 0.3) is 11.6 Å². The lowest BCUT2D eigenvalue weighted by Gasteiger charge is -2.03. The molecule has 0 aliphatic rings. The molecule has 0 saturated carbocycles. The van der Waals surface area contributed by atoms with Crippen LogP contribution in [0.2, 0.25) is 5.02 Å². The van der Waals surface area contributed by atoms with Gasteiger partial charge in [0.1, 0.15) is 12.1 Å². The maximum absolute atomic E-state index is 11.9. The first kappa shape index (κ1) is 15.1. The molecule has 3 rings (SSSR count). The number of benzene rings is 1. The van der Waals surface area contributed by atoms with Gasteiger partial charge in [0.05, 0.1) is 6.20 Å². The molecular formula is C15H12ClN5O2. The van der Waals surface area contributed by atoms with Gasteiger partial charge in [-0.2, -0.15) is 0 Å². The fraction of sp³-hybridized carbons (Fsp3) is 0.133. The van der Waals surface area contributed by atoms with Crippen molar-refractivity contribution in [3.05, 3.63) is 59.3 Å². The Morgan fingerprint density at radius 3 is 2.74 bits per heavy atom. The number of aromatic nitrogens is 4. The first-order valence-corrected chi connectivity index (χ1v) is 7.18. The number of carbonyl (C=O) groups excluding carboxylic acids is 1. The van der Waals surface area contributed by atoms with Crippen molar-refractivity contribution >= 4 is 17.5 Å². The van der Waals surface area contributed by atoms with E-state index in [0.717, 1.165) is 5.56 Å². The standard InChI is InChI=1S/C15H12ClN5O2/c16-11-3-1-10(2-4-11)8-19-13(22)7-14-20-21-15(23-14)12-9-17-5-6-18-12/h1-6,9H,7-8H2,(H,19,22). The summed E-state index contributed by atoms with van der Waals surface area (Å²) >= 11 is 5.81. The Hall–Kier alpha value is -2.80. The Morgan fingerprint density at radius 1 is 1.17 bits per heavy atom. The molecule has 2 aromatic heterocycles. The Labute approximate surface area is 136 Å². The molecule has 0 bridgehead atoms. The highest BCUT2D eigenvalue weighted by molar-refractivity contribution is 6.30. The van der Waals surface area contributed by atoms with Crippen LogP contribution in [0.1, 0.15) is 11.5 Å². The van der Waals surface area contributed by atoms with Crippen LogP contribution in [-0.4, -0.2) is 26.1 Å². The summed E-state index contributed by atoms with van der Waals surface area (Å²) in [4.78, 5) is 19.9. The number of hydrogen-bond acceptors (Lipinski definition) is 6. The summed E-state index contributed by atoms with van der Waals surface area (Å²) in [6, 6.07) is 7.24. The van der Waals surface area contributed by atoms with E-state index < -0.39 is 0 Å². The number of carbonyl (C=O) groups is 1. The summed E-state index contributed by atoms with van der Waals surface area (Å²) in [5, 5.41) is 11.1. The molecule has 0 unspecified atom stereocenters. The molecule has 8 heteroatoms. The predicted molar refractivity (Wildman–Crippen MR) is 82.3 cm³/mol. The number of nitrogens with zero attached hydrogens (tertiary/aromatic N) is 4. The van der Waals surface area contributed by atoms with Crippen molar-refractivity contribution in [3.8, 4) is 11.6 Å². The number of halogens is 1. The lowest BCUT2D eigenvalue weighted by atomic mass is 10.2. The van der Waals surface area contributed by atoms with Crippen LogP contribution in [0, 0.1) is 0 Å². The second-order valence-corrected chi connectivity index (χ2v) is 5.11. The van der Waals surface area contributed by atoms with E-state index in [4.69, 9.17) is 16.0 Å². The highest BCUT2D eigenvalue weighted by Gasteiger charge is 2.13. The lowest BCUT2D eigenvalue weighted by Crippen LogP contribution is -2.24. The van der Waals surface area contributed by atoms with E-state index in [9.17, 15) is 4.79 Å². The molecule has 0 fully saturated rings. The largest absolute Gasteiger partial charge is 0.419 e. The maximum atomic E-state index is 11.9. The average Bonchev–Trinajstić information content (AvgIpc) is 3.04. The molecule has 116 valence electrons. The summed E-state index contributed by atoms with van der Waals surface area (Å²) in [5.41, 5.74) is 1.42. The zero-order chi connectivity index (χ0) is 16.1. The maximum Gasteiger partial charge on any atom is 0.267 e. The molecule has 0 spiro atoms. The molecule has 7 nitrogen and oxygen atoms in total. The fourth-order valence-electron chi connectivity index (χ4n) is 1.84. The van der Waals surface area contributed by atoms with Crippen molar-refractivity contribution in [2.24, 2.45) is 0 Å². The monoisotopic (exact) mass is 329 g/mol. The quantitative estimate of drug-likeness (QED) is 0.769. The van der Waals surface area contributed by atoms with Crippen molar-refractivity contribution in [3.63, 3.8) is 0 Å². The van der Waals surface area contributed by atoms with Crippen molar-refractivity contribution in [2.45, 2.75) is 13.0 Å². The summed E-state index contributed by atoms with van der Waals surface area (Å²) in [6.07, 6.45) is 4.59. The highest BCUT2D eigenvalue weighted by atomic mass is 35.5. The van der Waals surface area contributed by atoms with Gasteiger partial charge in [-0.15, -0.1) is 10.2 Å². The first-order valence-electron chi connectivity index (χ1n) is 6.80. The van der Waals surface area contributed by atoms with Crippen LogP contribution in [0.15, 0.2) is 47.3 Å². The van der Waals surface area contributed by atoms with Crippen molar-refractivity contribution in [1.82, 2.24) is 25.5 Å².